The summed E-state index contributed by atoms with van der Waals surface area (Å²) >= 11 is 6.03. The molecule has 30 heavy (non-hydrogen) atoms. The average molecular weight is 444 g/mol. The maximum Gasteiger partial charge on any atom is 0.239 e. The van der Waals surface area contributed by atoms with Crippen LogP contribution < -0.4 is 10.1 Å². The van der Waals surface area contributed by atoms with E-state index in [4.69, 9.17) is 16.3 Å². The molecular formula is C22H18ClNO5S. The van der Waals surface area contributed by atoms with E-state index in [1.165, 1.54) is 49.6 Å². The van der Waals surface area contributed by atoms with Gasteiger partial charge >= 0.3 is 0 Å². The Labute approximate surface area is 179 Å². The summed E-state index contributed by atoms with van der Waals surface area (Å²) in [4.78, 5) is 25.3. The van der Waals surface area contributed by atoms with Gasteiger partial charge in [0, 0.05) is 16.1 Å². The molecule has 6 nitrogen and oxygen atoms in total. The molecule has 0 atom stereocenters. The van der Waals surface area contributed by atoms with Crippen LogP contribution in [0, 0.1) is 0 Å². The first kappa shape index (κ1) is 21.5. The molecule has 3 aromatic carbocycles. The number of anilines is 1. The van der Waals surface area contributed by atoms with Crippen LogP contribution in [0.15, 0.2) is 77.7 Å². The molecule has 3 aromatic rings. The van der Waals surface area contributed by atoms with E-state index in [1.807, 2.05) is 0 Å². The van der Waals surface area contributed by atoms with Crippen molar-refractivity contribution >= 4 is 38.8 Å². The zero-order valence-corrected chi connectivity index (χ0v) is 17.5. The molecule has 0 spiro atoms. The summed E-state index contributed by atoms with van der Waals surface area (Å²) in [5.74, 6) is -1.38. The van der Waals surface area contributed by atoms with Gasteiger partial charge < -0.3 is 10.1 Å². The number of ketones is 1. The smallest absolute Gasteiger partial charge is 0.239 e. The van der Waals surface area contributed by atoms with Gasteiger partial charge in [-0.05, 0) is 42.5 Å². The van der Waals surface area contributed by atoms with Crippen molar-refractivity contribution < 1.29 is 22.7 Å². The molecule has 0 saturated heterocycles. The monoisotopic (exact) mass is 443 g/mol. The summed E-state index contributed by atoms with van der Waals surface area (Å²) in [6, 6.07) is 18.7. The van der Waals surface area contributed by atoms with Crippen LogP contribution in [-0.4, -0.2) is 33.0 Å². The minimum Gasteiger partial charge on any atom is -0.497 e. The molecule has 0 aliphatic heterocycles. The van der Waals surface area contributed by atoms with Crippen molar-refractivity contribution in [1.82, 2.24) is 0 Å². The first-order chi connectivity index (χ1) is 14.3. The fourth-order valence-electron chi connectivity index (χ4n) is 2.78. The summed E-state index contributed by atoms with van der Waals surface area (Å²) in [6.07, 6.45) is 0. The number of hydrogen-bond donors (Lipinski definition) is 1. The fraction of sp³-hybridized carbons (Fsp3) is 0.0909. The van der Waals surface area contributed by atoms with Crippen molar-refractivity contribution in [3.63, 3.8) is 0 Å². The average Bonchev–Trinajstić information content (AvgIpc) is 2.74. The molecule has 0 bridgehead atoms. The molecule has 1 amide bonds. The Morgan fingerprint density at radius 1 is 0.967 bits per heavy atom. The van der Waals surface area contributed by atoms with Crippen LogP contribution >= 0.6 is 11.6 Å². The van der Waals surface area contributed by atoms with Crippen molar-refractivity contribution in [3.8, 4) is 5.75 Å². The lowest BCUT2D eigenvalue weighted by Crippen LogP contribution is -2.24. The third kappa shape index (κ3) is 5.06. The molecule has 0 fully saturated rings. The van der Waals surface area contributed by atoms with Crippen molar-refractivity contribution in [1.29, 1.82) is 0 Å². The maximum atomic E-state index is 12.8. The number of carbonyl (C=O) groups excluding carboxylic acids is 2. The molecule has 0 saturated carbocycles. The van der Waals surface area contributed by atoms with E-state index in [2.05, 4.69) is 5.32 Å². The Balaban J connectivity index is 1.82. The summed E-state index contributed by atoms with van der Waals surface area (Å²) in [6.45, 7) is 0. The summed E-state index contributed by atoms with van der Waals surface area (Å²) in [5.41, 5.74) is 0.771. The number of benzene rings is 3. The number of rotatable bonds is 7. The molecule has 8 heteroatoms. The van der Waals surface area contributed by atoms with Gasteiger partial charge in [0.05, 0.1) is 17.7 Å². The zero-order valence-electron chi connectivity index (χ0n) is 16.0. The minimum atomic E-state index is -3.88. The van der Waals surface area contributed by atoms with Gasteiger partial charge in [-0.2, -0.15) is 0 Å². The predicted molar refractivity (Wildman–Crippen MR) is 115 cm³/mol. The van der Waals surface area contributed by atoms with E-state index in [0.29, 0.717) is 16.3 Å². The van der Waals surface area contributed by atoms with Gasteiger partial charge in [-0.1, -0.05) is 41.9 Å². The van der Waals surface area contributed by atoms with Crippen molar-refractivity contribution in [3.05, 3.63) is 88.9 Å². The van der Waals surface area contributed by atoms with E-state index in [1.54, 1.807) is 30.3 Å². The summed E-state index contributed by atoms with van der Waals surface area (Å²) < 4.78 is 30.1. The second kappa shape index (κ2) is 9.11. The van der Waals surface area contributed by atoms with Gasteiger partial charge in [0.2, 0.25) is 5.91 Å². The van der Waals surface area contributed by atoms with Crippen LogP contribution in [-0.2, 0) is 14.6 Å². The van der Waals surface area contributed by atoms with Crippen molar-refractivity contribution in [2.75, 3.05) is 18.2 Å². The normalized spacial score (nSPS) is 11.0. The molecule has 0 unspecified atom stereocenters. The topological polar surface area (TPSA) is 89.5 Å². The lowest BCUT2D eigenvalue weighted by Gasteiger charge is -2.12. The number of methoxy groups -OCH3 is 1. The number of carbonyl (C=O) groups is 2. The minimum absolute atomic E-state index is 0.00450. The van der Waals surface area contributed by atoms with Crippen LogP contribution in [0.25, 0.3) is 0 Å². The Kier molecular flexibility index (Phi) is 6.54. The quantitative estimate of drug-likeness (QED) is 0.557. The number of hydrogen-bond acceptors (Lipinski definition) is 5. The standard InChI is InChI=1S/C22H18ClNO5S/c1-29-17-8-10-18(11-9-17)30(27,28)14-21(25)24-20-12-7-16(23)13-19(20)22(26)15-5-3-2-4-6-15/h2-13H,14H2,1H3,(H,24,25). The van der Waals surface area contributed by atoms with E-state index in [0.717, 1.165) is 0 Å². The highest BCUT2D eigenvalue weighted by Gasteiger charge is 2.22. The molecule has 0 aliphatic rings. The highest BCUT2D eigenvalue weighted by molar-refractivity contribution is 7.92. The zero-order chi connectivity index (χ0) is 21.7. The second-order valence-corrected chi connectivity index (χ2v) is 8.79. The second-order valence-electron chi connectivity index (χ2n) is 6.37. The Morgan fingerprint density at radius 3 is 2.27 bits per heavy atom. The third-order valence-corrected chi connectivity index (χ3v) is 6.14. The number of halogens is 1. The fourth-order valence-corrected chi connectivity index (χ4v) is 4.09. The molecule has 0 aliphatic carbocycles. The van der Waals surface area contributed by atoms with Crippen LogP contribution in [0.2, 0.25) is 5.02 Å². The van der Waals surface area contributed by atoms with Gasteiger partial charge in [0.15, 0.2) is 15.6 Å². The van der Waals surface area contributed by atoms with Gasteiger partial charge in [0.1, 0.15) is 11.5 Å². The Hall–Kier alpha value is -3.16. The Bertz CT molecular complexity index is 1180. The predicted octanol–water partition coefficient (Wildman–Crippen LogP) is 3.99. The number of amides is 1. The van der Waals surface area contributed by atoms with E-state index in [9.17, 15) is 18.0 Å². The number of sulfone groups is 1. The lowest BCUT2D eigenvalue weighted by atomic mass is 10.0. The number of nitrogens with one attached hydrogen (secondary N) is 1. The number of ether oxygens (including phenoxy) is 1. The van der Waals surface area contributed by atoms with Crippen molar-refractivity contribution in [2.24, 2.45) is 0 Å². The van der Waals surface area contributed by atoms with E-state index >= 15 is 0 Å². The lowest BCUT2D eigenvalue weighted by molar-refractivity contribution is -0.113. The van der Waals surface area contributed by atoms with Gasteiger partial charge in [0.25, 0.3) is 0 Å². The van der Waals surface area contributed by atoms with Crippen LogP contribution in [0.1, 0.15) is 15.9 Å². The van der Waals surface area contributed by atoms with Crippen LogP contribution in [0.5, 0.6) is 5.75 Å². The molecule has 0 aromatic heterocycles. The molecule has 3 rings (SSSR count). The largest absolute Gasteiger partial charge is 0.497 e. The molecule has 1 N–H and O–H groups in total. The third-order valence-electron chi connectivity index (χ3n) is 4.28. The molecular weight excluding hydrogens is 426 g/mol. The van der Waals surface area contributed by atoms with E-state index in [-0.39, 0.29) is 21.9 Å². The first-order valence-corrected chi connectivity index (χ1v) is 10.9. The highest BCUT2D eigenvalue weighted by Crippen LogP contribution is 2.24. The van der Waals surface area contributed by atoms with Crippen LogP contribution in [0.4, 0.5) is 5.69 Å². The van der Waals surface area contributed by atoms with Gasteiger partial charge in [-0.3, -0.25) is 9.59 Å². The first-order valence-electron chi connectivity index (χ1n) is 8.86. The summed E-state index contributed by atoms with van der Waals surface area (Å²) in [5, 5.41) is 2.83. The van der Waals surface area contributed by atoms with Gasteiger partial charge in [-0.15, -0.1) is 0 Å². The molecule has 0 radical (unpaired) electrons. The van der Waals surface area contributed by atoms with Crippen LogP contribution in [0.3, 0.4) is 0 Å². The summed E-state index contributed by atoms with van der Waals surface area (Å²) in [7, 11) is -2.41. The van der Waals surface area contributed by atoms with E-state index < -0.39 is 21.5 Å². The molecule has 154 valence electrons. The molecule has 0 heterocycles. The van der Waals surface area contributed by atoms with Crippen molar-refractivity contribution in [2.45, 2.75) is 4.90 Å². The van der Waals surface area contributed by atoms with Gasteiger partial charge in [-0.25, -0.2) is 8.42 Å². The Morgan fingerprint density at radius 2 is 1.63 bits per heavy atom. The maximum absolute atomic E-state index is 12.8. The highest BCUT2D eigenvalue weighted by atomic mass is 35.5. The SMILES string of the molecule is COc1ccc(S(=O)(=O)CC(=O)Nc2ccc(Cl)cc2C(=O)c2ccccc2)cc1.